The van der Waals surface area contributed by atoms with Crippen LogP contribution >= 0.6 is 11.8 Å². The van der Waals surface area contributed by atoms with E-state index in [0.717, 1.165) is 11.8 Å². The number of aliphatic hydroxyl groups excluding tert-OH is 1. The van der Waals surface area contributed by atoms with Gasteiger partial charge in [0, 0.05) is 13.2 Å². The molecule has 0 unspecified atom stereocenters. The molecule has 0 saturated carbocycles. The number of nitrogens with zero attached hydrogens (tertiary/aromatic N) is 1. The Morgan fingerprint density at radius 2 is 2.54 bits per heavy atom. The van der Waals surface area contributed by atoms with Crippen molar-refractivity contribution in [1.29, 1.82) is 0 Å². The normalized spacial score (nSPS) is 25.6. The Balaban J connectivity index is 2.97. The number of aliphatic hydroxyl groups is 1. The van der Waals surface area contributed by atoms with Crippen LogP contribution in [0.2, 0.25) is 0 Å². The van der Waals surface area contributed by atoms with Crippen LogP contribution < -0.4 is 5.73 Å². The second-order valence-corrected chi connectivity index (χ2v) is 3.36. The third kappa shape index (κ3) is 1.93. The van der Waals surface area contributed by atoms with Gasteiger partial charge in [0.1, 0.15) is 0 Å². The van der Waals surface area contributed by atoms with Gasteiger partial charge in [0.05, 0.1) is 9.83 Å². The molecule has 6 nitrogen and oxygen atoms in total. The van der Waals surface area contributed by atoms with Crippen LogP contribution in [-0.4, -0.2) is 22.6 Å². The first kappa shape index (κ1) is 9.87. The maximum Gasteiger partial charge on any atom is 0.286 e. The average molecular weight is 204 g/mol. The molecule has 1 heterocycles. The molecule has 1 atom stereocenters. The molecule has 0 saturated heterocycles. The predicted octanol–water partition coefficient (Wildman–Crippen LogP) is 0.552. The third-order valence-electron chi connectivity index (χ3n) is 1.43. The van der Waals surface area contributed by atoms with Gasteiger partial charge in [-0.25, -0.2) is 0 Å². The van der Waals surface area contributed by atoms with Crippen molar-refractivity contribution in [2.45, 2.75) is 5.44 Å². The van der Waals surface area contributed by atoms with Crippen molar-refractivity contribution in [3.05, 3.63) is 32.7 Å². The molecule has 0 aromatic heterocycles. The molecule has 13 heavy (non-hydrogen) atoms. The minimum absolute atomic E-state index is 0.112. The number of methoxy groups -OCH3 is 1. The molecule has 1 aliphatic heterocycles. The zero-order valence-corrected chi connectivity index (χ0v) is 7.58. The van der Waals surface area contributed by atoms with Crippen molar-refractivity contribution in [3.8, 4) is 0 Å². The topological polar surface area (TPSA) is 98.6 Å². The Kier molecular flexibility index (Phi) is 2.79. The largest absolute Gasteiger partial charge is 0.494 e. The number of hydrogen-bond donors (Lipinski definition) is 2. The maximum absolute atomic E-state index is 10.4. The van der Waals surface area contributed by atoms with Gasteiger partial charge in [-0.3, -0.25) is 10.1 Å². The summed E-state index contributed by atoms with van der Waals surface area (Å²) in [5.41, 5.74) is 4.26. The molecule has 0 spiro atoms. The highest BCUT2D eigenvalue weighted by atomic mass is 32.2. The molecule has 0 aromatic carbocycles. The summed E-state index contributed by atoms with van der Waals surface area (Å²) in [6, 6.07) is 0. The van der Waals surface area contributed by atoms with Crippen molar-refractivity contribution in [3.63, 3.8) is 0 Å². The van der Waals surface area contributed by atoms with E-state index in [0.29, 0.717) is 0 Å². The van der Waals surface area contributed by atoms with E-state index in [1.807, 2.05) is 0 Å². The van der Waals surface area contributed by atoms with Gasteiger partial charge in [-0.1, -0.05) is 11.8 Å². The lowest BCUT2D eigenvalue weighted by molar-refractivity contribution is -0.432. The Morgan fingerprint density at radius 1 is 1.92 bits per heavy atom. The molecule has 0 amide bonds. The lowest BCUT2D eigenvalue weighted by atomic mass is 10.4. The first-order valence-corrected chi connectivity index (χ1v) is 4.18. The number of nitrogens with two attached hydrogens (primary N) is 1. The van der Waals surface area contributed by atoms with Gasteiger partial charge in [-0.05, 0) is 0 Å². The molecule has 0 aliphatic carbocycles. The van der Waals surface area contributed by atoms with E-state index in [4.69, 9.17) is 15.6 Å². The smallest absolute Gasteiger partial charge is 0.286 e. The zero-order valence-electron chi connectivity index (χ0n) is 6.76. The molecule has 0 bridgehead atoms. The van der Waals surface area contributed by atoms with Gasteiger partial charge in [0.25, 0.3) is 5.70 Å². The van der Waals surface area contributed by atoms with E-state index in [1.54, 1.807) is 0 Å². The molecule has 3 N–H and O–H groups in total. The van der Waals surface area contributed by atoms with Crippen LogP contribution in [0.1, 0.15) is 0 Å². The number of rotatable bonds is 2. The Hall–Kier alpha value is -1.21. The van der Waals surface area contributed by atoms with E-state index < -0.39 is 16.2 Å². The van der Waals surface area contributed by atoms with Crippen LogP contribution in [0.5, 0.6) is 0 Å². The van der Waals surface area contributed by atoms with E-state index >= 15 is 0 Å². The van der Waals surface area contributed by atoms with E-state index in [9.17, 15) is 10.1 Å². The first-order valence-electron chi connectivity index (χ1n) is 3.30. The highest BCUT2D eigenvalue weighted by Gasteiger charge is 2.33. The summed E-state index contributed by atoms with van der Waals surface area (Å²) in [6.45, 7) is 0. The second-order valence-electron chi connectivity index (χ2n) is 2.26. The lowest BCUT2D eigenvalue weighted by Gasteiger charge is -2.04. The Morgan fingerprint density at radius 3 is 2.85 bits per heavy atom. The molecule has 1 rings (SSSR count). The summed E-state index contributed by atoms with van der Waals surface area (Å²) in [7, 11) is 1.35. The molecular formula is C6H8N2O4S. The molecule has 0 aromatic rings. The maximum atomic E-state index is 10.4. The van der Waals surface area contributed by atoms with Gasteiger partial charge in [0.15, 0.2) is 11.3 Å². The van der Waals surface area contributed by atoms with Crippen LogP contribution in [0.3, 0.4) is 0 Å². The molecular weight excluding hydrogens is 196 g/mol. The van der Waals surface area contributed by atoms with Crippen molar-refractivity contribution < 1.29 is 14.8 Å². The average Bonchev–Trinajstić information content (AvgIpc) is 2.47. The number of allylic oxidation sites excluding steroid dienone is 1. The zero-order chi connectivity index (χ0) is 10.0. The molecule has 72 valence electrons. The third-order valence-corrected chi connectivity index (χ3v) is 2.66. The first-order chi connectivity index (χ1) is 6.06. The van der Waals surface area contributed by atoms with Crippen molar-refractivity contribution >= 4 is 11.8 Å². The summed E-state index contributed by atoms with van der Waals surface area (Å²) in [5, 5.41) is 19.3. The molecule has 0 fully saturated rings. The van der Waals surface area contributed by atoms with Crippen LogP contribution in [0, 0.1) is 10.1 Å². The van der Waals surface area contributed by atoms with E-state index in [2.05, 4.69) is 0 Å². The SMILES string of the molecule is CO[C@@H]1S/C(=C(\N)O)C=C1[N+](=O)[O-]. The summed E-state index contributed by atoms with van der Waals surface area (Å²) < 4.78 is 4.82. The highest BCUT2D eigenvalue weighted by Crippen LogP contribution is 2.37. The fourth-order valence-electron chi connectivity index (χ4n) is 0.854. The monoisotopic (exact) mass is 204 g/mol. The highest BCUT2D eigenvalue weighted by molar-refractivity contribution is 8.04. The van der Waals surface area contributed by atoms with Gasteiger partial charge >= 0.3 is 0 Å². The fourth-order valence-corrected chi connectivity index (χ4v) is 1.77. The summed E-state index contributed by atoms with van der Waals surface area (Å²) >= 11 is 1.00. The van der Waals surface area contributed by atoms with E-state index in [-0.39, 0.29) is 10.6 Å². The number of thioether (sulfide) groups is 1. The van der Waals surface area contributed by atoms with Crippen molar-refractivity contribution in [1.82, 2.24) is 0 Å². The van der Waals surface area contributed by atoms with Gasteiger partial charge < -0.3 is 15.6 Å². The van der Waals surface area contributed by atoms with Crippen LogP contribution in [0.25, 0.3) is 0 Å². The minimum atomic E-state index is -0.698. The van der Waals surface area contributed by atoms with Crippen molar-refractivity contribution in [2.75, 3.05) is 7.11 Å². The number of nitro groups is 1. The summed E-state index contributed by atoms with van der Waals surface area (Å²) in [6.07, 6.45) is 1.20. The lowest BCUT2D eigenvalue weighted by Crippen LogP contribution is -2.12. The van der Waals surface area contributed by atoms with Crippen LogP contribution in [-0.2, 0) is 4.74 Å². The van der Waals surface area contributed by atoms with Crippen molar-refractivity contribution in [2.24, 2.45) is 5.73 Å². The minimum Gasteiger partial charge on any atom is -0.494 e. The number of ether oxygens (including phenoxy) is 1. The van der Waals surface area contributed by atoms with E-state index in [1.165, 1.54) is 13.2 Å². The Bertz CT molecular complexity index is 295. The molecule has 1 aliphatic rings. The predicted molar refractivity (Wildman–Crippen MR) is 47.3 cm³/mol. The van der Waals surface area contributed by atoms with Crippen LogP contribution in [0.4, 0.5) is 0 Å². The molecule has 7 heteroatoms. The number of hydrogen-bond acceptors (Lipinski definition) is 6. The summed E-state index contributed by atoms with van der Waals surface area (Å²) in [5.74, 6) is -0.427. The molecule has 0 radical (unpaired) electrons. The second kappa shape index (κ2) is 3.67. The van der Waals surface area contributed by atoms with Gasteiger partial charge in [-0.15, -0.1) is 0 Å². The summed E-state index contributed by atoms with van der Waals surface area (Å²) in [4.78, 5) is 10.1. The quantitative estimate of drug-likeness (QED) is 0.387. The van der Waals surface area contributed by atoms with Crippen LogP contribution in [0.15, 0.2) is 22.6 Å². The Labute approximate surface area is 78.2 Å². The van der Waals surface area contributed by atoms with Gasteiger partial charge in [0.2, 0.25) is 0 Å². The standard InChI is InChI=1S/C6H8N2O4S/c1-12-6-3(8(10)11)2-4(13-6)5(7)9/h2,6,9H,7H2,1H3/b5-4+/t6-/m1/s1. The fraction of sp³-hybridized carbons (Fsp3) is 0.333. The van der Waals surface area contributed by atoms with Gasteiger partial charge in [-0.2, -0.15) is 0 Å².